The predicted octanol–water partition coefficient (Wildman–Crippen LogP) is 1.12. The molecule has 8 nitrogen and oxygen atoms in total. The van der Waals surface area contributed by atoms with Crippen molar-refractivity contribution in [1.29, 1.82) is 0 Å². The van der Waals surface area contributed by atoms with Gasteiger partial charge in [0.25, 0.3) is 5.91 Å². The molecule has 0 saturated heterocycles. The third-order valence-corrected chi connectivity index (χ3v) is 3.52. The van der Waals surface area contributed by atoms with E-state index in [0.29, 0.717) is 11.3 Å². The number of aromatic nitrogens is 1. The molecule has 26 heavy (non-hydrogen) atoms. The Labute approximate surface area is 150 Å². The first-order valence-electron chi connectivity index (χ1n) is 7.90. The zero-order valence-corrected chi connectivity index (χ0v) is 14.5. The zero-order valence-electron chi connectivity index (χ0n) is 14.5. The minimum absolute atomic E-state index is 0.0424. The normalized spacial score (nSPS) is 11.2. The number of amides is 3. The summed E-state index contributed by atoms with van der Waals surface area (Å²) in [6.07, 6.45) is 2.89. The molecule has 1 aromatic heterocycles. The second-order valence-electron chi connectivity index (χ2n) is 5.47. The van der Waals surface area contributed by atoms with Crippen LogP contribution in [-0.2, 0) is 9.59 Å². The molecular formula is C18H20N4O4. The molecule has 136 valence electrons. The average Bonchev–Trinajstić information content (AvgIpc) is 2.66. The summed E-state index contributed by atoms with van der Waals surface area (Å²) in [5.74, 6) is -0.523. The second kappa shape index (κ2) is 9.16. The van der Waals surface area contributed by atoms with Gasteiger partial charge in [0.15, 0.2) is 0 Å². The Morgan fingerprint density at radius 2 is 1.85 bits per heavy atom. The summed E-state index contributed by atoms with van der Waals surface area (Å²) >= 11 is 0. The number of nitrogens with zero attached hydrogens (tertiary/aromatic N) is 1. The molecule has 2 aromatic rings. The van der Waals surface area contributed by atoms with Crippen LogP contribution in [0.25, 0.3) is 0 Å². The van der Waals surface area contributed by atoms with Crippen LogP contribution in [0.15, 0.2) is 48.8 Å². The van der Waals surface area contributed by atoms with Gasteiger partial charge in [-0.15, -0.1) is 0 Å². The lowest BCUT2D eigenvalue weighted by Gasteiger charge is -2.18. The molecule has 0 aliphatic rings. The number of carbonyl (C=O) groups excluding carboxylic acids is 3. The molecule has 0 bridgehead atoms. The predicted molar refractivity (Wildman–Crippen MR) is 94.0 cm³/mol. The van der Waals surface area contributed by atoms with Gasteiger partial charge in [0.1, 0.15) is 5.75 Å². The van der Waals surface area contributed by atoms with Gasteiger partial charge in [-0.25, -0.2) is 0 Å². The Bertz CT molecular complexity index is 763. The van der Waals surface area contributed by atoms with Gasteiger partial charge in [-0.3, -0.25) is 30.2 Å². The Kier molecular flexibility index (Phi) is 6.67. The maximum absolute atomic E-state index is 12.1. The largest absolute Gasteiger partial charge is 0.497 e. The Morgan fingerprint density at radius 1 is 1.12 bits per heavy atom. The number of benzene rings is 1. The molecule has 0 radical (unpaired) electrons. The summed E-state index contributed by atoms with van der Waals surface area (Å²) in [6, 6.07) is 9.67. The van der Waals surface area contributed by atoms with Crippen molar-refractivity contribution in [3.8, 4) is 5.75 Å². The highest BCUT2D eigenvalue weighted by Gasteiger charge is 2.18. The summed E-state index contributed by atoms with van der Waals surface area (Å²) in [6.45, 7) is 1.37. The van der Waals surface area contributed by atoms with Gasteiger partial charge >= 0.3 is 0 Å². The van der Waals surface area contributed by atoms with E-state index >= 15 is 0 Å². The van der Waals surface area contributed by atoms with Gasteiger partial charge in [-0.05, 0) is 29.8 Å². The van der Waals surface area contributed by atoms with E-state index in [9.17, 15) is 14.4 Å². The standard InChI is InChI=1S/C18H20N4O4/c1-12(23)20-16(13-5-7-15(26-2)8-6-13)10-17(24)21-22-18(25)14-4-3-9-19-11-14/h3-9,11,16H,10H2,1-2H3,(H,20,23)(H,21,24)(H,22,25). The van der Waals surface area contributed by atoms with Crippen LogP contribution >= 0.6 is 0 Å². The van der Waals surface area contributed by atoms with Crippen molar-refractivity contribution >= 4 is 17.7 Å². The van der Waals surface area contributed by atoms with Crippen molar-refractivity contribution in [1.82, 2.24) is 21.2 Å². The fraction of sp³-hybridized carbons (Fsp3) is 0.222. The summed E-state index contributed by atoms with van der Waals surface area (Å²) in [7, 11) is 1.55. The van der Waals surface area contributed by atoms with E-state index in [1.54, 1.807) is 49.7 Å². The van der Waals surface area contributed by atoms with E-state index in [-0.39, 0.29) is 12.3 Å². The van der Waals surface area contributed by atoms with E-state index in [2.05, 4.69) is 21.2 Å². The number of nitrogens with one attached hydrogen (secondary N) is 3. The monoisotopic (exact) mass is 356 g/mol. The maximum Gasteiger partial charge on any atom is 0.271 e. The number of hydrogen-bond donors (Lipinski definition) is 3. The molecule has 0 fully saturated rings. The molecule has 1 atom stereocenters. The third kappa shape index (κ3) is 5.59. The van der Waals surface area contributed by atoms with Crippen LogP contribution in [0.1, 0.15) is 35.3 Å². The highest BCUT2D eigenvalue weighted by molar-refractivity contribution is 5.95. The first-order valence-corrected chi connectivity index (χ1v) is 7.90. The lowest BCUT2D eigenvalue weighted by molar-refractivity contribution is -0.123. The maximum atomic E-state index is 12.1. The van der Waals surface area contributed by atoms with Gasteiger partial charge in [0.05, 0.1) is 25.1 Å². The van der Waals surface area contributed by atoms with Crippen molar-refractivity contribution in [2.45, 2.75) is 19.4 Å². The minimum Gasteiger partial charge on any atom is -0.497 e. The Morgan fingerprint density at radius 3 is 2.42 bits per heavy atom. The first kappa shape index (κ1) is 18.9. The average molecular weight is 356 g/mol. The summed E-state index contributed by atoms with van der Waals surface area (Å²) in [4.78, 5) is 39.3. The van der Waals surface area contributed by atoms with Crippen LogP contribution in [0, 0.1) is 0 Å². The second-order valence-corrected chi connectivity index (χ2v) is 5.47. The molecule has 8 heteroatoms. The Balaban J connectivity index is 1.97. The van der Waals surface area contributed by atoms with Crippen LogP contribution in [0.3, 0.4) is 0 Å². The van der Waals surface area contributed by atoms with Crippen LogP contribution in [0.4, 0.5) is 0 Å². The number of hydrazine groups is 1. The Hall–Kier alpha value is -3.42. The summed E-state index contributed by atoms with van der Waals surface area (Å²) < 4.78 is 5.10. The fourth-order valence-electron chi connectivity index (χ4n) is 2.27. The van der Waals surface area contributed by atoms with Crippen LogP contribution in [-0.4, -0.2) is 29.8 Å². The highest BCUT2D eigenvalue weighted by atomic mass is 16.5. The number of rotatable bonds is 6. The van der Waals surface area contributed by atoms with Crippen molar-refractivity contribution < 1.29 is 19.1 Å². The molecule has 3 amide bonds. The molecule has 3 N–H and O–H groups in total. The third-order valence-electron chi connectivity index (χ3n) is 3.52. The lowest BCUT2D eigenvalue weighted by Crippen LogP contribution is -2.43. The van der Waals surface area contributed by atoms with Gasteiger partial charge in [0, 0.05) is 19.3 Å². The van der Waals surface area contributed by atoms with Gasteiger partial charge in [-0.1, -0.05) is 12.1 Å². The molecule has 2 rings (SSSR count). The zero-order chi connectivity index (χ0) is 18.9. The smallest absolute Gasteiger partial charge is 0.271 e. The highest BCUT2D eigenvalue weighted by Crippen LogP contribution is 2.20. The number of carbonyl (C=O) groups is 3. The SMILES string of the molecule is COc1ccc(C(CC(=O)NNC(=O)c2cccnc2)NC(C)=O)cc1. The van der Waals surface area contributed by atoms with Crippen LogP contribution in [0.2, 0.25) is 0 Å². The minimum atomic E-state index is -0.534. The van der Waals surface area contributed by atoms with Crippen LogP contribution < -0.4 is 20.9 Å². The van der Waals surface area contributed by atoms with E-state index in [1.807, 2.05) is 0 Å². The molecule has 0 aliphatic carbocycles. The number of hydrogen-bond acceptors (Lipinski definition) is 5. The lowest BCUT2D eigenvalue weighted by atomic mass is 10.0. The molecule has 1 unspecified atom stereocenters. The van der Waals surface area contributed by atoms with Crippen LogP contribution in [0.5, 0.6) is 5.75 Å². The molecule has 0 spiro atoms. The van der Waals surface area contributed by atoms with Gasteiger partial charge < -0.3 is 10.1 Å². The molecule has 1 aromatic carbocycles. The molecule has 0 saturated carbocycles. The topological polar surface area (TPSA) is 109 Å². The summed E-state index contributed by atoms with van der Waals surface area (Å²) in [5, 5.41) is 2.72. The number of methoxy groups -OCH3 is 1. The van der Waals surface area contributed by atoms with E-state index in [4.69, 9.17) is 4.74 Å². The van der Waals surface area contributed by atoms with E-state index < -0.39 is 17.9 Å². The van der Waals surface area contributed by atoms with Crippen molar-refractivity contribution in [3.63, 3.8) is 0 Å². The number of ether oxygens (including phenoxy) is 1. The van der Waals surface area contributed by atoms with Crippen molar-refractivity contribution in [2.75, 3.05) is 7.11 Å². The molecule has 0 aliphatic heterocycles. The molecule has 1 heterocycles. The van der Waals surface area contributed by atoms with Crippen molar-refractivity contribution in [3.05, 3.63) is 59.9 Å². The van der Waals surface area contributed by atoms with E-state index in [1.165, 1.54) is 13.1 Å². The first-order chi connectivity index (χ1) is 12.5. The van der Waals surface area contributed by atoms with E-state index in [0.717, 1.165) is 5.56 Å². The summed E-state index contributed by atoms with van der Waals surface area (Å²) in [5.41, 5.74) is 5.72. The number of pyridine rings is 1. The van der Waals surface area contributed by atoms with Gasteiger partial charge in [-0.2, -0.15) is 0 Å². The molecular weight excluding hydrogens is 336 g/mol. The quantitative estimate of drug-likeness (QED) is 0.672. The fourth-order valence-corrected chi connectivity index (χ4v) is 2.27. The van der Waals surface area contributed by atoms with Gasteiger partial charge in [0.2, 0.25) is 11.8 Å². The van der Waals surface area contributed by atoms with Crippen molar-refractivity contribution in [2.24, 2.45) is 0 Å².